The van der Waals surface area contributed by atoms with Gasteiger partial charge in [-0.1, -0.05) is 191 Å². The summed E-state index contributed by atoms with van der Waals surface area (Å²) in [5.74, 6) is 0. The molecule has 13 rings (SSSR count). The van der Waals surface area contributed by atoms with Crippen molar-refractivity contribution in [3.05, 3.63) is 234 Å². The molecule has 1 heterocycles. The largest absolute Gasteiger partial charge is 0.454 e. The highest BCUT2D eigenvalue weighted by Gasteiger charge is 2.52. The second kappa shape index (κ2) is 13.8. The van der Waals surface area contributed by atoms with E-state index in [1.54, 1.807) is 0 Å². The van der Waals surface area contributed by atoms with Gasteiger partial charge in [0.25, 0.3) is 0 Å². The maximum Gasteiger partial charge on any atom is 0.159 e. The highest BCUT2D eigenvalue weighted by Crippen LogP contribution is 2.64. The molecule has 65 heavy (non-hydrogen) atoms. The summed E-state index contributed by atoms with van der Waals surface area (Å²) in [5, 5.41) is 2.22. The zero-order valence-corrected chi connectivity index (χ0v) is 37.3. The van der Waals surface area contributed by atoms with Crippen LogP contribution >= 0.6 is 0 Å². The SMILES string of the molecule is CC1(C)CCC(C)(C)c2cc(-c3ccc(-c4cc5c(cc4N(c4ccccc4)c4cccc6c4oc4ccccc46)C4(c6ccccc6-c6ccccc64)c4ccccc4-5)cc3)ccc21. The lowest BCUT2D eigenvalue weighted by molar-refractivity contribution is 0.332. The van der Waals surface area contributed by atoms with Crippen molar-refractivity contribution in [2.24, 2.45) is 0 Å². The molecule has 9 aromatic carbocycles. The van der Waals surface area contributed by atoms with Crippen LogP contribution in [-0.4, -0.2) is 0 Å². The summed E-state index contributed by atoms with van der Waals surface area (Å²) in [6.45, 7) is 9.64. The molecule has 0 saturated heterocycles. The van der Waals surface area contributed by atoms with E-state index >= 15 is 0 Å². The minimum Gasteiger partial charge on any atom is -0.454 e. The lowest BCUT2D eigenvalue weighted by atomic mass is 9.63. The first-order valence-electron chi connectivity index (χ1n) is 23.2. The molecule has 0 amide bonds. The zero-order chi connectivity index (χ0) is 43.7. The Labute approximate surface area is 381 Å². The number of anilines is 3. The highest BCUT2D eigenvalue weighted by atomic mass is 16.3. The van der Waals surface area contributed by atoms with Gasteiger partial charge >= 0.3 is 0 Å². The van der Waals surface area contributed by atoms with E-state index in [1.807, 2.05) is 0 Å². The van der Waals surface area contributed by atoms with Gasteiger partial charge < -0.3 is 9.32 Å². The van der Waals surface area contributed by atoms with Gasteiger partial charge in [0.2, 0.25) is 0 Å². The summed E-state index contributed by atoms with van der Waals surface area (Å²) in [5.41, 5.74) is 23.0. The molecule has 0 unspecified atom stereocenters. The Hall–Kier alpha value is -7.42. The van der Waals surface area contributed by atoms with Crippen LogP contribution in [0.3, 0.4) is 0 Å². The summed E-state index contributed by atoms with van der Waals surface area (Å²) in [6.07, 6.45) is 2.40. The Morgan fingerprint density at radius 1 is 0.369 bits per heavy atom. The van der Waals surface area contributed by atoms with Crippen LogP contribution in [0.1, 0.15) is 73.9 Å². The molecule has 1 aromatic heterocycles. The second-order valence-corrected chi connectivity index (χ2v) is 19.8. The van der Waals surface area contributed by atoms with Gasteiger partial charge in [-0.3, -0.25) is 0 Å². The van der Waals surface area contributed by atoms with Crippen LogP contribution in [0.5, 0.6) is 0 Å². The van der Waals surface area contributed by atoms with Gasteiger partial charge in [-0.05, 0) is 132 Å². The van der Waals surface area contributed by atoms with Crippen LogP contribution in [0.25, 0.3) is 66.4 Å². The maximum absolute atomic E-state index is 6.87. The molecule has 0 fully saturated rings. The molecular weight excluding hydrogens is 787 g/mol. The number of furan rings is 1. The van der Waals surface area contributed by atoms with Crippen LogP contribution in [0, 0.1) is 0 Å². The molecule has 0 radical (unpaired) electrons. The number of fused-ring (bicyclic) bond motifs is 14. The molecule has 3 aliphatic rings. The van der Waals surface area contributed by atoms with Crippen molar-refractivity contribution < 1.29 is 4.42 Å². The van der Waals surface area contributed by atoms with Crippen LogP contribution in [0.4, 0.5) is 17.1 Å². The molecule has 2 heteroatoms. The standard InChI is InChI=1S/C63H49NO/c1-61(2)35-36-62(3,4)56-37-42(33-34-54(56)61)40-29-31-41(32-30-40)49-38-50-46-21-10-14-26-53(46)63(51-24-12-8-19-44(51)45-20-9-13-25-52(45)63)55(50)39-58(49)64(43-17-6-5-7-18-43)57-27-16-23-48-47-22-11-15-28-59(47)65-60(48)57/h5-34,37-39H,35-36H2,1-4H3. The van der Waals surface area contributed by atoms with Crippen molar-refractivity contribution >= 4 is 39.0 Å². The maximum atomic E-state index is 6.87. The highest BCUT2D eigenvalue weighted by molar-refractivity contribution is 6.11. The lowest BCUT2D eigenvalue weighted by Crippen LogP contribution is -2.33. The number of rotatable bonds is 5. The Morgan fingerprint density at radius 3 is 1.62 bits per heavy atom. The van der Waals surface area contributed by atoms with Crippen molar-refractivity contribution in [2.75, 3.05) is 4.90 Å². The van der Waals surface area contributed by atoms with Crippen molar-refractivity contribution in [3.8, 4) is 44.5 Å². The third kappa shape index (κ3) is 5.41. The first-order chi connectivity index (χ1) is 31.7. The van der Waals surface area contributed by atoms with Crippen LogP contribution in [0.15, 0.2) is 205 Å². The Balaban J connectivity index is 1.09. The third-order valence-electron chi connectivity index (χ3n) is 15.4. The molecule has 0 aliphatic heterocycles. The van der Waals surface area contributed by atoms with E-state index in [2.05, 4.69) is 233 Å². The molecule has 2 nitrogen and oxygen atoms in total. The topological polar surface area (TPSA) is 16.4 Å². The van der Waals surface area contributed by atoms with Gasteiger partial charge in [0, 0.05) is 22.0 Å². The number of benzene rings is 9. The minimum absolute atomic E-state index is 0.137. The van der Waals surface area contributed by atoms with Gasteiger partial charge in [-0.15, -0.1) is 0 Å². The average molecular weight is 836 g/mol. The van der Waals surface area contributed by atoms with Gasteiger partial charge in [-0.25, -0.2) is 0 Å². The van der Waals surface area contributed by atoms with E-state index in [1.165, 1.54) is 79.6 Å². The quantitative estimate of drug-likeness (QED) is 0.172. The monoisotopic (exact) mass is 835 g/mol. The first kappa shape index (κ1) is 38.1. The van der Waals surface area contributed by atoms with Crippen molar-refractivity contribution in [1.82, 2.24) is 0 Å². The van der Waals surface area contributed by atoms with Crippen molar-refractivity contribution in [1.29, 1.82) is 0 Å². The molecule has 0 atom stereocenters. The number of nitrogens with zero attached hydrogens (tertiary/aromatic N) is 1. The smallest absolute Gasteiger partial charge is 0.159 e. The summed E-state index contributed by atoms with van der Waals surface area (Å²) in [6, 6.07) is 74.7. The van der Waals surface area contributed by atoms with Crippen LogP contribution < -0.4 is 4.90 Å². The summed E-state index contributed by atoms with van der Waals surface area (Å²) in [7, 11) is 0. The summed E-state index contributed by atoms with van der Waals surface area (Å²) < 4.78 is 6.87. The number of hydrogen-bond acceptors (Lipinski definition) is 2. The van der Waals surface area contributed by atoms with E-state index in [0.717, 1.165) is 50.1 Å². The summed E-state index contributed by atoms with van der Waals surface area (Å²) in [4.78, 5) is 2.45. The second-order valence-electron chi connectivity index (χ2n) is 19.8. The van der Waals surface area contributed by atoms with E-state index < -0.39 is 5.41 Å². The molecule has 0 N–H and O–H groups in total. The van der Waals surface area contributed by atoms with Crippen LogP contribution in [-0.2, 0) is 16.2 Å². The average Bonchev–Trinajstić information content (AvgIpc) is 3.98. The zero-order valence-electron chi connectivity index (χ0n) is 37.3. The van der Waals surface area contributed by atoms with E-state index in [0.29, 0.717) is 0 Å². The van der Waals surface area contributed by atoms with Gasteiger partial charge in [0.1, 0.15) is 5.58 Å². The molecule has 10 aromatic rings. The Bertz CT molecular complexity index is 3500. The predicted octanol–water partition coefficient (Wildman–Crippen LogP) is 17.1. The fourth-order valence-electron chi connectivity index (χ4n) is 12.0. The Morgan fingerprint density at radius 2 is 0.923 bits per heavy atom. The fourth-order valence-corrected chi connectivity index (χ4v) is 12.0. The van der Waals surface area contributed by atoms with Crippen LogP contribution in [0.2, 0.25) is 0 Å². The minimum atomic E-state index is -0.501. The molecule has 1 spiro atoms. The van der Waals surface area contributed by atoms with Crippen molar-refractivity contribution in [2.45, 2.75) is 56.8 Å². The van der Waals surface area contributed by atoms with Crippen molar-refractivity contribution in [3.63, 3.8) is 0 Å². The van der Waals surface area contributed by atoms with Gasteiger partial charge in [-0.2, -0.15) is 0 Å². The van der Waals surface area contributed by atoms with E-state index in [-0.39, 0.29) is 10.8 Å². The molecule has 0 bridgehead atoms. The van der Waals surface area contributed by atoms with E-state index in [4.69, 9.17) is 4.42 Å². The fraction of sp³-hybridized carbons (Fsp3) is 0.143. The first-order valence-corrected chi connectivity index (χ1v) is 23.2. The predicted molar refractivity (Wildman–Crippen MR) is 271 cm³/mol. The third-order valence-corrected chi connectivity index (χ3v) is 15.4. The van der Waals surface area contributed by atoms with Gasteiger partial charge in [0.15, 0.2) is 5.58 Å². The lowest BCUT2D eigenvalue weighted by Gasteiger charge is -2.42. The number of hydrogen-bond donors (Lipinski definition) is 0. The van der Waals surface area contributed by atoms with Gasteiger partial charge in [0.05, 0.1) is 16.8 Å². The van der Waals surface area contributed by atoms with E-state index in [9.17, 15) is 0 Å². The number of para-hydroxylation sites is 3. The Kier molecular flexibility index (Phi) is 8.08. The molecule has 0 saturated carbocycles. The summed E-state index contributed by atoms with van der Waals surface area (Å²) >= 11 is 0. The normalized spacial score (nSPS) is 15.6. The molecule has 3 aliphatic carbocycles. The molecule has 312 valence electrons. The molecular formula is C63H49NO.